The number of aromatic nitrogens is 2. The number of rotatable bonds is 8. The lowest BCUT2D eigenvalue weighted by Gasteiger charge is -2.21. The smallest absolute Gasteiger partial charge is 0.348 e. The Bertz CT molecular complexity index is 1110. The predicted molar refractivity (Wildman–Crippen MR) is 119 cm³/mol. The monoisotopic (exact) mass is 472 g/mol. The maximum Gasteiger partial charge on any atom is 0.348 e. The molecule has 0 fully saturated rings. The number of carbonyl (C=O) groups excluding carboxylic acids is 4. The highest BCUT2D eigenvalue weighted by Gasteiger charge is 2.28. The molecule has 0 bridgehead atoms. The highest BCUT2D eigenvalue weighted by atomic mass is 16.6. The Kier molecular flexibility index (Phi) is 8.83. The van der Waals surface area contributed by atoms with Gasteiger partial charge in [0.2, 0.25) is 6.10 Å². The standard InChI is InChI=1S/C24H28N2O8/c1-12-13(2)26-23(14(3)25-12)15(4)31-24(30)22(34-18(7)29)11-19-8-9-20(32-16(5)27)21(10-19)33-17(6)28/h8-10,15,22H,11H2,1-7H3/t15?,22-/m1/s1. The van der Waals surface area contributed by atoms with Gasteiger partial charge in [0.25, 0.3) is 0 Å². The summed E-state index contributed by atoms with van der Waals surface area (Å²) in [6, 6.07) is 4.39. The molecule has 2 atom stereocenters. The summed E-state index contributed by atoms with van der Waals surface area (Å²) in [6.45, 7) is 10.6. The Hall–Kier alpha value is -3.82. The van der Waals surface area contributed by atoms with Crippen molar-refractivity contribution in [3.63, 3.8) is 0 Å². The predicted octanol–water partition coefficient (Wildman–Crippen LogP) is 3.03. The zero-order chi connectivity index (χ0) is 25.6. The van der Waals surface area contributed by atoms with E-state index in [9.17, 15) is 19.2 Å². The molecule has 10 nitrogen and oxygen atoms in total. The Morgan fingerprint density at radius 2 is 1.38 bits per heavy atom. The Labute approximate surface area is 197 Å². The first kappa shape index (κ1) is 26.4. The Morgan fingerprint density at radius 3 is 1.97 bits per heavy atom. The fourth-order valence-electron chi connectivity index (χ4n) is 3.16. The third-order valence-corrected chi connectivity index (χ3v) is 4.70. The second kappa shape index (κ2) is 11.4. The number of benzene rings is 1. The molecule has 0 saturated heterocycles. The van der Waals surface area contributed by atoms with Crippen LogP contribution in [0.3, 0.4) is 0 Å². The number of esters is 4. The number of carbonyl (C=O) groups is 4. The number of ether oxygens (including phenoxy) is 4. The fourth-order valence-corrected chi connectivity index (χ4v) is 3.16. The molecule has 0 radical (unpaired) electrons. The molecule has 0 spiro atoms. The minimum Gasteiger partial charge on any atom is -0.453 e. The SMILES string of the molecule is CC(=O)Oc1ccc(C[C@@H](OC(C)=O)C(=O)OC(C)c2nc(C)c(C)nc2C)cc1OC(C)=O. The number of hydrogen-bond acceptors (Lipinski definition) is 10. The molecule has 34 heavy (non-hydrogen) atoms. The van der Waals surface area contributed by atoms with Gasteiger partial charge >= 0.3 is 23.9 Å². The number of hydrogen-bond donors (Lipinski definition) is 0. The number of aryl methyl sites for hydroxylation is 3. The quantitative estimate of drug-likeness (QED) is 0.417. The van der Waals surface area contributed by atoms with Crippen LogP contribution >= 0.6 is 0 Å². The molecule has 10 heteroatoms. The maximum absolute atomic E-state index is 12.9. The molecule has 1 unspecified atom stereocenters. The molecule has 0 aliphatic heterocycles. The molecule has 0 aliphatic rings. The van der Waals surface area contributed by atoms with Gasteiger partial charge in [-0.3, -0.25) is 24.4 Å². The van der Waals surface area contributed by atoms with Gasteiger partial charge in [0, 0.05) is 27.2 Å². The second-order valence-corrected chi connectivity index (χ2v) is 7.71. The van der Waals surface area contributed by atoms with E-state index in [1.165, 1.54) is 32.9 Å². The molecular weight excluding hydrogens is 444 g/mol. The van der Waals surface area contributed by atoms with Crippen molar-refractivity contribution in [1.29, 1.82) is 0 Å². The van der Waals surface area contributed by atoms with E-state index in [1.54, 1.807) is 19.9 Å². The lowest BCUT2D eigenvalue weighted by Crippen LogP contribution is -2.31. The first-order valence-corrected chi connectivity index (χ1v) is 10.6. The zero-order valence-corrected chi connectivity index (χ0v) is 20.3. The van der Waals surface area contributed by atoms with Crippen molar-refractivity contribution < 1.29 is 38.1 Å². The lowest BCUT2D eigenvalue weighted by molar-refractivity contribution is -0.170. The average Bonchev–Trinajstić information content (AvgIpc) is 2.70. The zero-order valence-electron chi connectivity index (χ0n) is 20.3. The topological polar surface area (TPSA) is 131 Å². The first-order valence-electron chi connectivity index (χ1n) is 10.6. The molecule has 0 N–H and O–H groups in total. The van der Waals surface area contributed by atoms with Crippen molar-refractivity contribution >= 4 is 23.9 Å². The van der Waals surface area contributed by atoms with Gasteiger partial charge in [-0.25, -0.2) is 4.79 Å². The summed E-state index contributed by atoms with van der Waals surface area (Å²) in [7, 11) is 0. The van der Waals surface area contributed by atoms with Crippen molar-refractivity contribution in [2.24, 2.45) is 0 Å². The molecular formula is C24H28N2O8. The summed E-state index contributed by atoms with van der Waals surface area (Å²) in [5.41, 5.74) is 3.09. The fraction of sp³-hybridized carbons (Fsp3) is 0.417. The van der Waals surface area contributed by atoms with Gasteiger partial charge < -0.3 is 18.9 Å². The van der Waals surface area contributed by atoms with Crippen molar-refractivity contribution in [2.45, 2.75) is 67.1 Å². The van der Waals surface area contributed by atoms with E-state index in [1.807, 2.05) is 13.8 Å². The summed E-state index contributed by atoms with van der Waals surface area (Å²) >= 11 is 0. The van der Waals surface area contributed by atoms with E-state index in [4.69, 9.17) is 18.9 Å². The average molecular weight is 472 g/mol. The molecule has 2 rings (SSSR count). The van der Waals surface area contributed by atoms with Gasteiger partial charge in [-0.05, 0) is 45.4 Å². The van der Waals surface area contributed by atoms with Gasteiger partial charge in [0.1, 0.15) is 11.8 Å². The summed E-state index contributed by atoms with van der Waals surface area (Å²) in [6.07, 6.45) is -2.08. The molecule has 2 aromatic rings. The molecule has 1 aromatic carbocycles. The highest BCUT2D eigenvalue weighted by Crippen LogP contribution is 2.30. The molecule has 1 heterocycles. The molecule has 182 valence electrons. The minimum atomic E-state index is -1.27. The van der Waals surface area contributed by atoms with Crippen LogP contribution in [0.25, 0.3) is 0 Å². The van der Waals surface area contributed by atoms with E-state index in [0.29, 0.717) is 22.6 Å². The highest BCUT2D eigenvalue weighted by molar-refractivity contribution is 5.79. The van der Waals surface area contributed by atoms with Crippen LogP contribution in [0, 0.1) is 20.8 Å². The summed E-state index contributed by atoms with van der Waals surface area (Å²) in [5.74, 6) is -2.64. The lowest BCUT2D eigenvalue weighted by atomic mass is 10.1. The van der Waals surface area contributed by atoms with E-state index in [2.05, 4.69) is 9.97 Å². The van der Waals surface area contributed by atoms with Crippen molar-refractivity contribution in [1.82, 2.24) is 9.97 Å². The van der Waals surface area contributed by atoms with Crippen LogP contribution in [0.5, 0.6) is 11.5 Å². The van der Waals surface area contributed by atoms with Crippen LogP contribution < -0.4 is 9.47 Å². The van der Waals surface area contributed by atoms with E-state index < -0.39 is 36.1 Å². The normalized spacial score (nSPS) is 12.3. The van der Waals surface area contributed by atoms with Crippen molar-refractivity contribution in [3.05, 3.63) is 46.5 Å². The Morgan fingerprint density at radius 1 is 0.794 bits per heavy atom. The van der Waals surface area contributed by atoms with Crippen LogP contribution in [0.4, 0.5) is 0 Å². The first-order chi connectivity index (χ1) is 15.9. The molecule has 1 aromatic heterocycles. The largest absolute Gasteiger partial charge is 0.453 e. The van der Waals surface area contributed by atoms with E-state index in [-0.39, 0.29) is 17.9 Å². The Balaban J connectivity index is 2.27. The van der Waals surface area contributed by atoms with E-state index in [0.717, 1.165) is 5.69 Å². The van der Waals surface area contributed by atoms with E-state index >= 15 is 0 Å². The van der Waals surface area contributed by atoms with Crippen LogP contribution in [0.15, 0.2) is 18.2 Å². The summed E-state index contributed by atoms with van der Waals surface area (Å²) < 4.78 is 20.9. The van der Waals surface area contributed by atoms with Crippen molar-refractivity contribution in [3.8, 4) is 11.5 Å². The van der Waals surface area contributed by atoms with Crippen LogP contribution in [-0.4, -0.2) is 39.9 Å². The summed E-state index contributed by atoms with van der Waals surface area (Å²) in [5, 5.41) is 0. The van der Waals surface area contributed by atoms with Gasteiger partial charge in [-0.15, -0.1) is 0 Å². The maximum atomic E-state index is 12.9. The van der Waals surface area contributed by atoms with Gasteiger partial charge in [0.15, 0.2) is 11.5 Å². The number of nitrogens with zero attached hydrogens (tertiary/aromatic N) is 2. The molecule has 0 saturated carbocycles. The summed E-state index contributed by atoms with van der Waals surface area (Å²) in [4.78, 5) is 56.2. The van der Waals surface area contributed by atoms with Crippen LogP contribution in [0.1, 0.15) is 62.1 Å². The van der Waals surface area contributed by atoms with Gasteiger partial charge in [0.05, 0.1) is 17.1 Å². The van der Waals surface area contributed by atoms with Crippen molar-refractivity contribution in [2.75, 3.05) is 0 Å². The van der Waals surface area contributed by atoms with Gasteiger partial charge in [-0.2, -0.15) is 0 Å². The molecule has 0 amide bonds. The third-order valence-electron chi connectivity index (χ3n) is 4.70. The van der Waals surface area contributed by atoms with Crippen LogP contribution in [0.2, 0.25) is 0 Å². The van der Waals surface area contributed by atoms with Gasteiger partial charge in [-0.1, -0.05) is 6.07 Å². The van der Waals surface area contributed by atoms with Crippen LogP contribution in [-0.2, 0) is 35.1 Å². The third kappa shape index (κ3) is 7.36. The molecule has 0 aliphatic carbocycles. The minimum absolute atomic E-state index is 0.00969. The second-order valence-electron chi connectivity index (χ2n) is 7.71.